The van der Waals surface area contributed by atoms with Crippen LogP contribution < -0.4 is 5.73 Å². The highest BCUT2D eigenvalue weighted by atomic mass is 15.2. The van der Waals surface area contributed by atoms with Crippen molar-refractivity contribution in [3.63, 3.8) is 0 Å². The van der Waals surface area contributed by atoms with Crippen molar-refractivity contribution in [2.24, 2.45) is 5.73 Å². The summed E-state index contributed by atoms with van der Waals surface area (Å²) in [5, 5.41) is 7.51. The topological polar surface area (TPSA) is 56.4 Å². The number of nitrogen functional groups attached to an aromatic ring is 1. The predicted octanol–water partition coefficient (Wildman–Crippen LogP) is 1.89. The van der Waals surface area contributed by atoms with Crippen molar-refractivity contribution >= 4 is 5.84 Å². The van der Waals surface area contributed by atoms with Gasteiger partial charge in [-0.05, 0) is 51.2 Å². The molecule has 0 radical (unpaired) electrons. The molecule has 20 heavy (non-hydrogen) atoms. The average Bonchev–Trinajstić information content (AvgIpc) is 2.47. The molecule has 3 N–H and O–H groups in total. The molecule has 1 aliphatic heterocycles. The van der Waals surface area contributed by atoms with Crippen molar-refractivity contribution in [2.45, 2.75) is 32.4 Å². The zero-order valence-corrected chi connectivity index (χ0v) is 12.6. The average molecular weight is 274 g/mol. The van der Waals surface area contributed by atoms with Gasteiger partial charge in [-0.2, -0.15) is 0 Å². The number of rotatable bonds is 5. The van der Waals surface area contributed by atoms with Gasteiger partial charge in [-0.1, -0.05) is 25.1 Å². The lowest BCUT2D eigenvalue weighted by atomic mass is 10.0. The molecular weight excluding hydrogens is 248 g/mol. The SMILES string of the molecule is CCN1CCC(N(C)Cc2cccc(C(=N)N)c2)CC1. The van der Waals surface area contributed by atoms with E-state index in [1.165, 1.54) is 31.5 Å². The molecule has 0 atom stereocenters. The van der Waals surface area contributed by atoms with Gasteiger partial charge in [-0.3, -0.25) is 10.3 Å². The number of benzene rings is 1. The van der Waals surface area contributed by atoms with Crippen LogP contribution in [0.15, 0.2) is 24.3 Å². The molecule has 1 aliphatic rings. The number of hydrogen-bond donors (Lipinski definition) is 2. The van der Waals surface area contributed by atoms with E-state index in [9.17, 15) is 0 Å². The van der Waals surface area contributed by atoms with Gasteiger partial charge in [-0.25, -0.2) is 0 Å². The molecule has 0 bridgehead atoms. The number of likely N-dealkylation sites (tertiary alicyclic amines) is 1. The summed E-state index contributed by atoms with van der Waals surface area (Å²) < 4.78 is 0. The van der Waals surface area contributed by atoms with Crippen LogP contribution in [0.2, 0.25) is 0 Å². The fourth-order valence-electron chi connectivity index (χ4n) is 2.93. The summed E-state index contributed by atoms with van der Waals surface area (Å²) in [6.45, 7) is 6.74. The summed E-state index contributed by atoms with van der Waals surface area (Å²) in [5.41, 5.74) is 7.60. The normalized spacial score (nSPS) is 17.6. The van der Waals surface area contributed by atoms with Crippen LogP contribution in [0.1, 0.15) is 30.9 Å². The van der Waals surface area contributed by atoms with Crippen LogP contribution in [0.25, 0.3) is 0 Å². The van der Waals surface area contributed by atoms with E-state index < -0.39 is 0 Å². The Morgan fingerprint density at radius 2 is 2.10 bits per heavy atom. The Morgan fingerprint density at radius 1 is 1.40 bits per heavy atom. The fourth-order valence-corrected chi connectivity index (χ4v) is 2.93. The van der Waals surface area contributed by atoms with E-state index in [4.69, 9.17) is 11.1 Å². The van der Waals surface area contributed by atoms with E-state index in [-0.39, 0.29) is 5.84 Å². The van der Waals surface area contributed by atoms with Gasteiger partial charge in [0.05, 0.1) is 0 Å². The van der Waals surface area contributed by atoms with Crippen molar-refractivity contribution in [3.8, 4) is 0 Å². The standard InChI is InChI=1S/C16H26N4/c1-3-20-9-7-15(8-10-20)19(2)12-13-5-4-6-14(11-13)16(17)18/h4-6,11,15H,3,7-10,12H2,1-2H3,(H3,17,18). The first-order valence-corrected chi connectivity index (χ1v) is 7.46. The number of nitrogens with zero attached hydrogens (tertiary/aromatic N) is 2. The molecule has 0 aromatic heterocycles. The predicted molar refractivity (Wildman–Crippen MR) is 84.1 cm³/mol. The minimum atomic E-state index is 0.144. The zero-order chi connectivity index (χ0) is 14.5. The summed E-state index contributed by atoms with van der Waals surface area (Å²) in [5.74, 6) is 0.144. The lowest BCUT2D eigenvalue weighted by Crippen LogP contribution is -2.42. The van der Waals surface area contributed by atoms with Crippen LogP contribution in [0.4, 0.5) is 0 Å². The van der Waals surface area contributed by atoms with E-state index >= 15 is 0 Å². The van der Waals surface area contributed by atoms with Gasteiger partial charge in [0.1, 0.15) is 5.84 Å². The molecule has 4 heteroatoms. The van der Waals surface area contributed by atoms with Gasteiger partial charge in [0.2, 0.25) is 0 Å². The maximum atomic E-state index is 7.51. The highest BCUT2D eigenvalue weighted by Gasteiger charge is 2.21. The minimum Gasteiger partial charge on any atom is -0.384 e. The van der Waals surface area contributed by atoms with Gasteiger partial charge < -0.3 is 10.6 Å². The van der Waals surface area contributed by atoms with Crippen molar-refractivity contribution in [1.82, 2.24) is 9.80 Å². The molecule has 1 fully saturated rings. The molecule has 0 unspecified atom stereocenters. The maximum absolute atomic E-state index is 7.51. The molecule has 4 nitrogen and oxygen atoms in total. The third kappa shape index (κ3) is 3.81. The molecule has 0 aliphatic carbocycles. The minimum absolute atomic E-state index is 0.144. The maximum Gasteiger partial charge on any atom is 0.122 e. The Labute approximate surface area is 122 Å². The molecular formula is C16H26N4. The van der Waals surface area contributed by atoms with Crippen molar-refractivity contribution in [2.75, 3.05) is 26.7 Å². The Kier molecular flexibility index (Phi) is 5.15. The van der Waals surface area contributed by atoms with Crippen LogP contribution >= 0.6 is 0 Å². The molecule has 1 heterocycles. The van der Waals surface area contributed by atoms with Gasteiger partial charge in [-0.15, -0.1) is 0 Å². The van der Waals surface area contributed by atoms with Crippen LogP contribution in [-0.4, -0.2) is 48.4 Å². The molecule has 0 amide bonds. The second-order valence-electron chi connectivity index (χ2n) is 5.69. The molecule has 1 aromatic carbocycles. The second-order valence-corrected chi connectivity index (χ2v) is 5.69. The lowest BCUT2D eigenvalue weighted by molar-refractivity contribution is 0.127. The third-order valence-corrected chi connectivity index (χ3v) is 4.30. The highest BCUT2D eigenvalue weighted by molar-refractivity contribution is 5.95. The summed E-state index contributed by atoms with van der Waals surface area (Å²) in [6.07, 6.45) is 2.49. The monoisotopic (exact) mass is 274 g/mol. The third-order valence-electron chi connectivity index (χ3n) is 4.30. The Hall–Kier alpha value is -1.39. The molecule has 1 aromatic rings. The first kappa shape index (κ1) is 15.0. The highest BCUT2D eigenvalue weighted by Crippen LogP contribution is 2.17. The van der Waals surface area contributed by atoms with Crippen LogP contribution in [0, 0.1) is 5.41 Å². The van der Waals surface area contributed by atoms with Gasteiger partial charge in [0, 0.05) is 18.2 Å². The van der Waals surface area contributed by atoms with Crippen molar-refractivity contribution < 1.29 is 0 Å². The zero-order valence-electron chi connectivity index (χ0n) is 12.6. The molecule has 0 saturated carbocycles. The van der Waals surface area contributed by atoms with Crippen molar-refractivity contribution in [3.05, 3.63) is 35.4 Å². The number of nitrogens with one attached hydrogen (secondary N) is 1. The first-order valence-electron chi connectivity index (χ1n) is 7.46. The molecule has 1 saturated heterocycles. The Morgan fingerprint density at radius 3 is 2.70 bits per heavy atom. The fraction of sp³-hybridized carbons (Fsp3) is 0.562. The second kappa shape index (κ2) is 6.86. The number of nitrogens with two attached hydrogens (primary N) is 1. The number of amidine groups is 1. The summed E-state index contributed by atoms with van der Waals surface area (Å²) in [4.78, 5) is 4.95. The lowest BCUT2D eigenvalue weighted by Gasteiger charge is -2.36. The quantitative estimate of drug-likeness (QED) is 0.637. The number of piperidine rings is 1. The largest absolute Gasteiger partial charge is 0.384 e. The van der Waals surface area contributed by atoms with E-state index in [0.29, 0.717) is 6.04 Å². The Balaban J connectivity index is 1.93. The van der Waals surface area contributed by atoms with Gasteiger partial charge in [0.25, 0.3) is 0 Å². The summed E-state index contributed by atoms with van der Waals surface area (Å²) in [6, 6.07) is 8.69. The van der Waals surface area contributed by atoms with Crippen LogP contribution in [0.5, 0.6) is 0 Å². The van der Waals surface area contributed by atoms with Crippen LogP contribution in [-0.2, 0) is 6.54 Å². The van der Waals surface area contributed by atoms with E-state index in [2.05, 4.69) is 29.8 Å². The van der Waals surface area contributed by atoms with Gasteiger partial charge >= 0.3 is 0 Å². The Bertz CT molecular complexity index is 450. The van der Waals surface area contributed by atoms with E-state index in [0.717, 1.165) is 18.7 Å². The van der Waals surface area contributed by atoms with Crippen LogP contribution in [0.3, 0.4) is 0 Å². The van der Waals surface area contributed by atoms with Crippen molar-refractivity contribution in [1.29, 1.82) is 5.41 Å². The smallest absolute Gasteiger partial charge is 0.122 e. The molecule has 110 valence electrons. The van der Waals surface area contributed by atoms with E-state index in [1.807, 2.05) is 18.2 Å². The first-order chi connectivity index (χ1) is 9.60. The number of hydrogen-bond acceptors (Lipinski definition) is 3. The van der Waals surface area contributed by atoms with Gasteiger partial charge in [0.15, 0.2) is 0 Å². The summed E-state index contributed by atoms with van der Waals surface area (Å²) in [7, 11) is 2.20. The molecule has 0 spiro atoms. The molecule has 2 rings (SSSR count). The summed E-state index contributed by atoms with van der Waals surface area (Å²) >= 11 is 0. The van der Waals surface area contributed by atoms with E-state index in [1.54, 1.807) is 0 Å².